The summed E-state index contributed by atoms with van der Waals surface area (Å²) in [5, 5.41) is 13.0. The molecule has 1 aromatic rings. The molecule has 1 aromatic heterocycles. The van der Waals surface area contributed by atoms with Crippen molar-refractivity contribution in [3.8, 4) is 0 Å². The van der Waals surface area contributed by atoms with Gasteiger partial charge in [-0.05, 0) is 17.6 Å². The number of ether oxygens (including phenoxy) is 1. The minimum atomic E-state index is -0.192. The van der Waals surface area contributed by atoms with Crippen molar-refractivity contribution >= 4 is 5.91 Å². The van der Waals surface area contributed by atoms with Crippen LogP contribution < -0.4 is 0 Å². The fourth-order valence-corrected chi connectivity index (χ4v) is 1.92. The molecular formula is C9H15N5O2. The Morgan fingerprint density at radius 1 is 1.62 bits per heavy atom. The molecule has 1 N–H and O–H groups in total. The van der Waals surface area contributed by atoms with Crippen molar-refractivity contribution in [2.45, 2.75) is 19.4 Å². The molecule has 1 saturated heterocycles. The van der Waals surface area contributed by atoms with Gasteiger partial charge in [-0.2, -0.15) is 5.21 Å². The van der Waals surface area contributed by atoms with Crippen LogP contribution in [0.5, 0.6) is 0 Å². The van der Waals surface area contributed by atoms with Crippen LogP contribution in [-0.2, 0) is 4.74 Å². The first-order chi connectivity index (χ1) is 7.72. The second kappa shape index (κ2) is 4.56. The summed E-state index contributed by atoms with van der Waals surface area (Å²) in [7, 11) is 1.67. The number of nitrogens with zero attached hydrogens (tertiary/aromatic N) is 4. The SMILES string of the molecule is COC1CN(C(=O)c2nn[nH]n2)CCC1C. The third-order valence-electron chi connectivity index (χ3n) is 3.02. The van der Waals surface area contributed by atoms with Crippen LogP contribution in [-0.4, -0.2) is 57.7 Å². The second-order valence-electron chi connectivity index (χ2n) is 4.03. The Labute approximate surface area is 93.2 Å². The Bertz CT molecular complexity index is 353. The fourth-order valence-electron chi connectivity index (χ4n) is 1.92. The lowest BCUT2D eigenvalue weighted by Gasteiger charge is -2.35. The smallest absolute Gasteiger partial charge is 0.295 e. The highest BCUT2D eigenvalue weighted by molar-refractivity contribution is 5.90. The Morgan fingerprint density at radius 2 is 2.44 bits per heavy atom. The molecule has 1 amide bonds. The Balaban J connectivity index is 2.03. The number of methoxy groups -OCH3 is 1. The number of amides is 1. The van der Waals surface area contributed by atoms with Gasteiger partial charge in [0.25, 0.3) is 11.7 Å². The van der Waals surface area contributed by atoms with Crippen LogP contribution in [0.3, 0.4) is 0 Å². The minimum absolute atomic E-state index is 0.0876. The minimum Gasteiger partial charge on any atom is -0.379 e. The summed E-state index contributed by atoms with van der Waals surface area (Å²) in [6.45, 7) is 3.43. The molecule has 88 valence electrons. The Kier molecular flexibility index (Phi) is 3.14. The van der Waals surface area contributed by atoms with Crippen LogP contribution in [0.25, 0.3) is 0 Å². The van der Waals surface area contributed by atoms with Gasteiger partial charge >= 0.3 is 0 Å². The lowest BCUT2D eigenvalue weighted by molar-refractivity contribution is -0.00199. The van der Waals surface area contributed by atoms with E-state index in [1.165, 1.54) is 0 Å². The van der Waals surface area contributed by atoms with E-state index in [2.05, 4.69) is 27.5 Å². The van der Waals surface area contributed by atoms with Gasteiger partial charge in [0.05, 0.1) is 6.10 Å². The van der Waals surface area contributed by atoms with Gasteiger partial charge < -0.3 is 9.64 Å². The van der Waals surface area contributed by atoms with Crippen LogP contribution >= 0.6 is 0 Å². The van der Waals surface area contributed by atoms with Gasteiger partial charge in [0.2, 0.25) is 0 Å². The summed E-state index contributed by atoms with van der Waals surface area (Å²) in [4.78, 5) is 13.6. The summed E-state index contributed by atoms with van der Waals surface area (Å²) in [6.07, 6.45) is 1.02. The maximum absolute atomic E-state index is 11.9. The van der Waals surface area contributed by atoms with E-state index in [9.17, 15) is 4.79 Å². The quantitative estimate of drug-likeness (QED) is 0.746. The molecule has 0 bridgehead atoms. The maximum Gasteiger partial charge on any atom is 0.295 e. The molecule has 16 heavy (non-hydrogen) atoms. The first-order valence-corrected chi connectivity index (χ1v) is 5.28. The first-order valence-electron chi connectivity index (χ1n) is 5.28. The van der Waals surface area contributed by atoms with Gasteiger partial charge in [0, 0.05) is 20.2 Å². The zero-order chi connectivity index (χ0) is 11.5. The van der Waals surface area contributed by atoms with Crippen molar-refractivity contribution in [2.24, 2.45) is 5.92 Å². The predicted molar refractivity (Wildman–Crippen MR) is 54.7 cm³/mol. The summed E-state index contributed by atoms with van der Waals surface area (Å²) in [6, 6.07) is 0. The summed E-state index contributed by atoms with van der Waals surface area (Å²) in [5.41, 5.74) is 0. The normalized spacial score (nSPS) is 25.8. The number of carbonyl (C=O) groups is 1. The highest BCUT2D eigenvalue weighted by atomic mass is 16.5. The standard InChI is InChI=1S/C9H15N5O2/c1-6-3-4-14(5-7(6)16-2)9(15)8-10-12-13-11-8/h6-7H,3-5H2,1-2H3,(H,10,11,12,13). The van der Waals surface area contributed by atoms with Crippen LogP contribution in [0.1, 0.15) is 24.0 Å². The van der Waals surface area contributed by atoms with Gasteiger partial charge in [-0.25, -0.2) is 0 Å². The number of tetrazole rings is 1. The largest absolute Gasteiger partial charge is 0.379 e. The monoisotopic (exact) mass is 225 g/mol. The average Bonchev–Trinajstić information content (AvgIpc) is 2.82. The molecule has 1 aliphatic rings. The third kappa shape index (κ3) is 2.04. The van der Waals surface area contributed by atoms with Crippen molar-refractivity contribution in [2.75, 3.05) is 20.2 Å². The van der Waals surface area contributed by atoms with Crippen molar-refractivity contribution in [3.05, 3.63) is 5.82 Å². The Hall–Kier alpha value is -1.50. The van der Waals surface area contributed by atoms with E-state index in [0.717, 1.165) is 6.42 Å². The number of carbonyl (C=O) groups excluding carboxylic acids is 1. The van der Waals surface area contributed by atoms with Crippen LogP contribution in [0.15, 0.2) is 0 Å². The number of rotatable bonds is 2. The molecule has 2 unspecified atom stereocenters. The van der Waals surface area contributed by atoms with Gasteiger partial charge in [0.1, 0.15) is 0 Å². The molecule has 0 radical (unpaired) electrons. The molecule has 1 aliphatic heterocycles. The second-order valence-corrected chi connectivity index (χ2v) is 4.03. The number of aromatic amines is 1. The molecule has 1 fully saturated rings. The van der Waals surface area contributed by atoms with E-state index >= 15 is 0 Å². The summed E-state index contributed by atoms with van der Waals surface area (Å²) in [5.74, 6) is 0.395. The lowest BCUT2D eigenvalue weighted by atomic mass is 9.96. The number of hydrogen-bond donors (Lipinski definition) is 1. The van der Waals surface area contributed by atoms with E-state index in [1.807, 2.05) is 0 Å². The molecule has 7 heteroatoms. The van der Waals surface area contributed by atoms with Gasteiger partial charge in [0.15, 0.2) is 0 Å². The molecule has 0 saturated carbocycles. The lowest BCUT2D eigenvalue weighted by Crippen LogP contribution is -2.46. The summed E-state index contributed by atoms with van der Waals surface area (Å²) < 4.78 is 5.34. The number of H-pyrrole nitrogens is 1. The van der Waals surface area contributed by atoms with Crippen molar-refractivity contribution in [1.82, 2.24) is 25.5 Å². The first kappa shape index (κ1) is 11.0. The van der Waals surface area contributed by atoms with Gasteiger partial charge in [-0.3, -0.25) is 4.79 Å². The Morgan fingerprint density at radius 3 is 3.06 bits per heavy atom. The summed E-state index contributed by atoms with van der Waals surface area (Å²) >= 11 is 0. The molecule has 2 rings (SSSR count). The molecule has 0 aliphatic carbocycles. The van der Waals surface area contributed by atoms with Gasteiger partial charge in [-0.15, -0.1) is 10.2 Å². The van der Waals surface area contributed by atoms with E-state index in [4.69, 9.17) is 4.74 Å². The molecule has 7 nitrogen and oxygen atoms in total. The molecule has 2 heterocycles. The molecular weight excluding hydrogens is 210 g/mol. The van der Waals surface area contributed by atoms with Crippen molar-refractivity contribution in [1.29, 1.82) is 0 Å². The third-order valence-corrected chi connectivity index (χ3v) is 3.02. The zero-order valence-corrected chi connectivity index (χ0v) is 9.38. The fraction of sp³-hybridized carbons (Fsp3) is 0.778. The number of aromatic nitrogens is 4. The maximum atomic E-state index is 11.9. The van der Waals surface area contributed by atoms with Crippen LogP contribution in [0.2, 0.25) is 0 Å². The van der Waals surface area contributed by atoms with E-state index in [1.54, 1.807) is 12.0 Å². The topological polar surface area (TPSA) is 84.0 Å². The van der Waals surface area contributed by atoms with E-state index in [-0.39, 0.29) is 17.8 Å². The molecule has 0 spiro atoms. The number of hydrogen-bond acceptors (Lipinski definition) is 5. The highest BCUT2D eigenvalue weighted by Crippen LogP contribution is 2.20. The average molecular weight is 225 g/mol. The van der Waals surface area contributed by atoms with Crippen LogP contribution in [0, 0.1) is 5.92 Å². The molecule has 0 aromatic carbocycles. The number of likely N-dealkylation sites (tertiary alicyclic amines) is 1. The predicted octanol–water partition coefficient (Wildman–Crippen LogP) is -0.303. The van der Waals surface area contributed by atoms with Gasteiger partial charge in [-0.1, -0.05) is 6.92 Å². The zero-order valence-electron chi connectivity index (χ0n) is 9.38. The van der Waals surface area contributed by atoms with E-state index in [0.29, 0.717) is 19.0 Å². The molecule has 2 atom stereocenters. The number of nitrogens with one attached hydrogen (secondary N) is 1. The number of piperidine rings is 1. The van der Waals surface area contributed by atoms with Crippen LogP contribution in [0.4, 0.5) is 0 Å². The highest BCUT2D eigenvalue weighted by Gasteiger charge is 2.30. The van der Waals surface area contributed by atoms with Crippen molar-refractivity contribution in [3.63, 3.8) is 0 Å². The van der Waals surface area contributed by atoms with E-state index < -0.39 is 0 Å². The van der Waals surface area contributed by atoms with Crippen molar-refractivity contribution < 1.29 is 9.53 Å².